The number of halogens is 3. The molecule has 2 atom stereocenters. The number of amides is 2. The van der Waals surface area contributed by atoms with E-state index < -0.39 is 6.36 Å². The molecule has 9 nitrogen and oxygen atoms in total. The van der Waals surface area contributed by atoms with Crippen LogP contribution in [0, 0.1) is 0 Å². The van der Waals surface area contributed by atoms with Gasteiger partial charge in [-0.05, 0) is 65.9 Å². The Morgan fingerprint density at radius 1 is 1.07 bits per heavy atom. The van der Waals surface area contributed by atoms with E-state index in [0.29, 0.717) is 16.7 Å². The van der Waals surface area contributed by atoms with E-state index in [0.717, 1.165) is 46.8 Å². The number of aromatic nitrogens is 3. The number of urea groups is 1. The summed E-state index contributed by atoms with van der Waals surface area (Å²) < 4.78 is 48.1. The number of hydrogen-bond donors (Lipinski definition) is 1. The number of hydrogen-bond acceptors (Lipinski definition) is 6. The van der Waals surface area contributed by atoms with E-state index in [1.54, 1.807) is 18.9 Å². The Morgan fingerprint density at radius 2 is 1.80 bits per heavy atom. The molecular weight excluding hydrogens is 605 g/mol. The van der Waals surface area contributed by atoms with Crippen molar-refractivity contribution in [2.75, 3.05) is 24.3 Å². The Hall–Kier alpha value is -4.52. The van der Waals surface area contributed by atoms with E-state index in [4.69, 9.17) is 4.74 Å². The number of aliphatic imine (C=N–C) groups is 1. The van der Waals surface area contributed by atoms with Crippen LogP contribution in [0.3, 0.4) is 0 Å². The van der Waals surface area contributed by atoms with Gasteiger partial charge in [0.15, 0.2) is 11.0 Å². The highest BCUT2D eigenvalue weighted by molar-refractivity contribution is 8.14. The molecule has 2 fully saturated rings. The second-order valence-electron chi connectivity index (χ2n) is 11.0. The highest BCUT2D eigenvalue weighted by Gasteiger charge is 2.40. The lowest BCUT2D eigenvalue weighted by molar-refractivity contribution is -0.274. The first kappa shape index (κ1) is 30.5. The number of alkyl halides is 3. The molecule has 4 aromatic rings. The molecule has 2 aliphatic rings. The van der Waals surface area contributed by atoms with Gasteiger partial charge in [0.05, 0.1) is 12.8 Å². The number of carbonyl (C=O) groups excluding carboxylic acids is 1. The van der Waals surface area contributed by atoms with E-state index in [9.17, 15) is 18.0 Å². The van der Waals surface area contributed by atoms with E-state index in [2.05, 4.69) is 43.9 Å². The van der Waals surface area contributed by atoms with Gasteiger partial charge in [0, 0.05) is 35.5 Å². The maximum absolute atomic E-state index is 12.9. The van der Waals surface area contributed by atoms with Crippen molar-refractivity contribution >= 4 is 28.6 Å². The smallest absolute Gasteiger partial charge is 0.497 e. The van der Waals surface area contributed by atoms with Gasteiger partial charge in [-0.1, -0.05) is 49.9 Å². The van der Waals surface area contributed by atoms with Crippen LogP contribution in [0.25, 0.3) is 17.1 Å². The Balaban J connectivity index is 1.06. The Labute approximate surface area is 262 Å². The molecule has 1 aromatic heterocycles. The quantitative estimate of drug-likeness (QED) is 0.220. The summed E-state index contributed by atoms with van der Waals surface area (Å²) in [6.45, 7) is 5.05. The normalized spacial score (nSPS) is 18.8. The second kappa shape index (κ2) is 12.5. The highest BCUT2D eigenvalue weighted by atomic mass is 32.2. The van der Waals surface area contributed by atoms with Gasteiger partial charge >= 0.3 is 12.4 Å². The summed E-state index contributed by atoms with van der Waals surface area (Å²) in [6.07, 6.45) is -2.43. The van der Waals surface area contributed by atoms with Crippen molar-refractivity contribution < 1.29 is 27.4 Å². The zero-order valence-corrected chi connectivity index (χ0v) is 25.6. The Bertz CT molecular complexity index is 1710. The molecule has 13 heteroatoms. The van der Waals surface area contributed by atoms with Crippen molar-refractivity contribution in [3.05, 3.63) is 84.2 Å². The van der Waals surface area contributed by atoms with Gasteiger partial charge in [-0.25, -0.2) is 14.5 Å². The fraction of sp³-hybridized carbons (Fsp3) is 0.312. The fourth-order valence-electron chi connectivity index (χ4n) is 5.29. The minimum Gasteiger partial charge on any atom is -0.497 e. The summed E-state index contributed by atoms with van der Waals surface area (Å²) in [6, 6.07) is 18.9. The number of anilines is 1. The third kappa shape index (κ3) is 7.08. The van der Waals surface area contributed by atoms with Gasteiger partial charge in [-0.3, -0.25) is 0 Å². The average Bonchev–Trinajstić information content (AvgIpc) is 3.36. The number of thioether (sulfide) groups is 1. The largest absolute Gasteiger partial charge is 0.573 e. The van der Waals surface area contributed by atoms with Crippen molar-refractivity contribution in [2.24, 2.45) is 4.99 Å². The van der Waals surface area contributed by atoms with E-state index in [1.807, 2.05) is 42.5 Å². The lowest BCUT2D eigenvalue weighted by Gasteiger charge is -2.23. The number of carbonyl (C=O) groups is 1. The summed E-state index contributed by atoms with van der Waals surface area (Å²) in [7, 11) is 1.66. The monoisotopic (exact) mass is 636 g/mol. The molecule has 234 valence electrons. The number of ether oxygens (including phenoxy) is 2. The minimum atomic E-state index is -4.75. The lowest BCUT2D eigenvalue weighted by Crippen LogP contribution is -2.29. The third-order valence-corrected chi connectivity index (χ3v) is 8.60. The van der Waals surface area contributed by atoms with Gasteiger partial charge in [-0.15, -0.1) is 18.3 Å². The molecule has 1 saturated carbocycles. The number of rotatable bonds is 8. The topological polar surface area (TPSA) is 93.9 Å². The molecule has 1 aliphatic heterocycles. The maximum atomic E-state index is 12.9. The van der Waals surface area contributed by atoms with Crippen molar-refractivity contribution in [3.8, 4) is 28.6 Å². The first-order valence-corrected chi connectivity index (χ1v) is 15.4. The second-order valence-corrected chi connectivity index (χ2v) is 12.1. The van der Waals surface area contributed by atoms with Crippen molar-refractivity contribution in [1.82, 2.24) is 20.1 Å². The van der Waals surface area contributed by atoms with Gasteiger partial charge < -0.3 is 19.7 Å². The first-order chi connectivity index (χ1) is 21.6. The summed E-state index contributed by atoms with van der Waals surface area (Å²) in [5.74, 6) is 2.29. The van der Waals surface area contributed by atoms with Crippen LogP contribution in [0.5, 0.6) is 11.5 Å². The summed E-state index contributed by atoms with van der Waals surface area (Å²) in [4.78, 5) is 23.8. The van der Waals surface area contributed by atoms with Crippen molar-refractivity contribution in [3.63, 3.8) is 0 Å². The molecule has 0 bridgehead atoms. The standard InChI is InChI=1S/C32H31F3N6O3S/c1-19(2)25-16-24(43-3)12-13-28(25)40-14-15-45-31(40)38-30(42)37-27-17-26(27)20-4-6-21(7-5-20)29-36-18-41(39-29)22-8-10-23(11-9-22)44-32(33,34)35/h4-13,16,18-19,26-27H,14-15,17H2,1-3H3,(H,37,42)/b38-31-. The Kier molecular flexibility index (Phi) is 8.45. The van der Waals surface area contributed by atoms with Gasteiger partial charge in [0.2, 0.25) is 0 Å². The third-order valence-electron chi connectivity index (χ3n) is 7.64. The number of nitrogens with zero attached hydrogens (tertiary/aromatic N) is 5. The van der Waals surface area contributed by atoms with Crippen LogP contribution in [-0.2, 0) is 0 Å². The predicted molar refractivity (Wildman–Crippen MR) is 167 cm³/mol. The number of benzene rings is 3. The molecule has 1 aliphatic carbocycles. The predicted octanol–water partition coefficient (Wildman–Crippen LogP) is 7.14. The number of nitrogens with one attached hydrogen (secondary N) is 1. The van der Waals surface area contributed by atoms with Crippen LogP contribution < -0.4 is 19.7 Å². The van der Waals surface area contributed by atoms with Crippen molar-refractivity contribution in [2.45, 2.75) is 44.5 Å². The fourth-order valence-corrected chi connectivity index (χ4v) is 6.24. The molecule has 0 radical (unpaired) electrons. The van der Waals surface area contributed by atoms with E-state index >= 15 is 0 Å². The molecule has 0 spiro atoms. The van der Waals surface area contributed by atoms with Gasteiger partial charge in [0.1, 0.15) is 17.8 Å². The Morgan fingerprint density at radius 3 is 2.49 bits per heavy atom. The first-order valence-electron chi connectivity index (χ1n) is 14.4. The van der Waals surface area contributed by atoms with Crippen LogP contribution in [0.15, 0.2) is 78.0 Å². The SMILES string of the molecule is COc1ccc(N2CCS/C2=N\C(=O)NC2CC2c2ccc(-c3ncn(-c4ccc(OC(F)(F)F)cc4)n3)cc2)c(C(C)C)c1. The van der Waals surface area contributed by atoms with Crippen LogP contribution in [0.4, 0.5) is 23.7 Å². The van der Waals surface area contributed by atoms with Gasteiger partial charge in [-0.2, -0.15) is 4.99 Å². The van der Waals surface area contributed by atoms with Crippen LogP contribution in [0.1, 0.15) is 43.2 Å². The number of methoxy groups -OCH3 is 1. The van der Waals surface area contributed by atoms with Crippen LogP contribution >= 0.6 is 11.8 Å². The lowest BCUT2D eigenvalue weighted by atomic mass is 10.00. The molecule has 1 saturated heterocycles. The summed E-state index contributed by atoms with van der Waals surface area (Å²) >= 11 is 1.57. The molecule has 2 heterocycles. The molecule has 2 amide bonds. The molecule has 1 N–H and O–H groups in total. The van der Waals surface area contributed by atoms with Crippen LogP contribution in [0.2, 0.25) is 0 Å². The molecule has 45 heavy (non-hydrogen) atoms. The van der Waals surface area contributed by atoms with Gasteiger partial charge in [0.25, 0.3) is 0 Å². The zero-order chi connectivity index (χ0) is 31.7. The zero-order valence-electron chi connectivity index (χ0n) is 24.8. The summed E-state index contributed by atoms with van der Waals surface area (Å²) in [5, 5.41) is 8.21. The summed E-state index contributed by atoms with van der Waals surface area (Å²) in [5.41, 5.74) is 4.61. The molecule has 2 unspecified atom stereocenters. The highest BCUT2D eigenvalue weighted by Crippen LogP contribution is 2.41. The van der Waals surface area contributed by atoms with Crippen molar-refractivity contribution in [1.29, 1.82) is 0 Å². The number of amidine groups is 1. The molecule has 6 rings (SSSR count). The molecule has 3 aromatic carbocycles. The van der Waals surface area contributed by atoms with E-state index in [-0.39, 0.29) is 29.7 Å². The minimum absolute atomic E-state index is 0.00129. The van der Waals surface area contributed by atoms with E-state index in [1.165, 1.54) is 35.3 Å². The maximum Gasteiger partial charge on any atom is 0.573 e. The average molecular weight is 637 g/mol. The molecular formula is C32H31F3N6O3S. The van der Waals surface area contributed by atoms with Crippen LogP contribution in [-0.4, -0.2) is 57.8 Å².